The van der Waals surface area contributed by atoms with Crippen LogP contribution in [0.5, 0.6) is 0 Å². The molecule has 0 aliphatic carbocycles. The standard InChI is InChI=1S/C27H37N5O4.CH4.ClH/c1-18-14-24-22(25-23(26(33)29-24)16-28-32(25)19-7-12-36-13-8-19)15-21(18)27(34)31-10-6-20(17-31)30(2)9-4-5-11-35-3;;/h14-16,19-20H,4-13,17H2,1-3H3,(H,29,33);1H4;1H/t20-;;/m0../s1. The van der Waals surface area contributed by atoms with E-state index in [0.29, 0.717) is 30.2 Å². The molecule has 1 aromatic carbocycles. The molecule has 38 heavy (non-hydrogen) atoms. The summed E-state index contributed by atoms with van der Waals surface area (Å²) in [7, 11) is 3.89. The fourth-order valence-corrected chi connectivity index (χ4v) is 5.68. The van der Waals surface area contributed by atoms with Crippen LogP contribution in [0.25, 0.3) is 21.8 Å². The Balaban J connectivity index is 0.00000200. The smallest absolute Gasteiger partial charge is 0.259 e. The van der Waals surface area contributed by atoms with Crippen molar-refractivity contribution in [2.24, 2.45) is 0 Å². The maximum atomic E-state index is 13.7. The van der Waals surface area contributed by atoms with Gasteiger partial charge in [0.2, 0.25) is 0 Å². The Labute approximate surface area is 230 Å². The van der Waals surface area contributed by atoms with Gasteiger partial charge >= 0.3 is 0 Å². The maximum Gasteiger partial charge on any atom is 0.259 e. The molecule has 4 heterocycles. The summed E-state index contributed by atoms with van der Waals surface area (Å²) in [4.78, 5) is 33.9. The predicted octanol–water partition coefficient (Wildman–Crippen LogP) is 4.17. The van der Waals surface area contributed by atoms with Crippen LogP contribution < -0.4 is 5.56 Å². The SMILES string of the molecule is C.COCCCCN(C)[C@H]1CCN(C(=O)c2cc3c(cc2C)[nH]c(=O)c2cnn(C4CCOCC4)c23)C1.Cl. The zero-order valence-corrected chi connectivity index (χ0v) is 22.8. The van der Waals surface area contributed by atoms with Crippen LogP contribution in [0.1, 0.15) is 61.5 Å². The average molecular weight is 548 g/mol. The Morgan fingerprint density at radius 3 is 2.71 bits per heavy atom. The van der Waals surface area contributed by atoms with Gasteiger partial charge < -0.3 is 24.3 Å². The number of benzene rings is 1. The van der Waals surface area contributed by atoms with E-state index in [-0.39, 0.29) is 37.3 Å². The Morgan fingerprint density at radius 2 is 1.97 bits per heavy atom. The normalized spacial score (nSPS) is 18.2. The second kappa shape index (κ2) is 13.1. The second-order valence-corrected chi connectivity index (χ2v) is 10.2. The molecule has 10 heteroatoms. The van der Waals surface area contributed by atoms with E-state index in [1.165, 1.54) is 0 Å². The molecule has 3 aromatic rings. The quantitative estimate of drug-likeness (QED) is 0.426. The van der Waals surface area contributed by atoms with Gasteiger partial charge in [-0.25, -0.2) is 0 Å². The molecule has 0 unspecified atom stereocenters. The van der Waals surface area contributed by atoms with Crippen molar-refractivity contribution in [2.75, 3.05) is 53.6 Å². The third-order valence-corrected chi connectivity index (χ3v) is 7.86. The number of likely N-dealkylation sites (N-methyl/N-ethyl adjacent to an activating group) is 1. The number of H-pyrrole nitrogens is 1. The summed E-state index contributed by atoms with van der Waals surface area (Å²) in [5, 5.41) is 6.03. The Morgan fingerprint density at radius 1 is 1.21 bits per heavy atom. The number of pyridine rings is 1. The Hall–Kier alpha value is -2.46. The highest BCUT2D eigenvalue weighted by atomic mass is 35.5. The largest absolute Gasteiger partial charge is 0.385 e. The van der Waals surface area contributed by atoms with Crippen LogP contribution in [0, 0.1) is 6.92 Å². The zero-order valence-electron chi connectivity index (χ0n) is 22.0. The summed E-state index contributed by atoms with van der Waals surface area (Å²) in [5.74, 6) is 0.0566. The molecule has 0 spiro atoms. The van der Waals surface area contributed by atoms with Gasteiger partial charge in [-0.3, -0.25) is 14.3 Å². The number of unbranched alkanes of at least 4 members (excludes halogenated alkanes) is 1. The van der Waals surface area contributed by atoms with Crippen molar-refractivity contribution >= 4 is 40.1 Å². The van der Waals surface area contributed by atoms with Crippen LogP contribution in [0.15, 0.2) is 23.1 Å². The topological polar surface area (TPSA) is 92.7 Å². The van der Waals surface area contributed by atoms with Gasteiger partial charge in [-0.15, -0.1) is 12.4 Å². The minimum absolute atomic E-state index is 0. The van der Waals surface area contributed by atoms with Crippen LogP contribution >= 0.6 is 12.4 Å². The number of ether oxygens (including phenoxy) is 2. The molecule has 9 nitrogen and oxygen atoms in total. The number of aryl methyl sites for hydroxylation is 1. The summed E-state index contributed by atoms with van der Waals surface area (Å²) in [6.45, 7) is 6.60. The highest BCUT2D eigenvalue weighted by Gasteiger charge is 2.30. The van der Waals surface area contributed by atoms with Crippen molar-refractivity contribution in [1.82, 2.24) is 24.6 Å². The van der Waals surface area contributed by atoms with Gasteiger partial charge in [0.05, 0.1) is 28.7 Å². The fourth-order valence-electron chi connectivity index (χ4n) is 5.68. The molecule has 0 saturated carbocycles. The molecule has 1 atom stereocenters. The van der Waals surface area contributed by atoms with Crippen LogP contribution in [0.4, 0.5) is 0 Å². The molecule has 1 N–H and O–H groups in total. The maximum absolute atomic E-state index is 13.7. The van der Waals surface area contributed by atoms with Crippen LogP contribution in [0.3, 0.4) is 0 Å². The molecule has 0 bridgehead atoms. The monoisotopic (exact) mass is 547 g/mol. The van der Waals surface area contributed by atoms with Gasteiger partial charge in [0, 0.05) is 57.0 Å². The Bertz CT molecular complexity index is 1300. The third-order valence-electron chi connectivity index (χ3n) is 7.86. The number of hydrogen-bond acceptors (Lipinski definition) is 6. The first-order chi connectivity index (χ1) is 17.5. The highest BCUT2D eigenvalue weighted by molar-refractivity contribution is 6.07. The van der Waals surface area contributed by atoms with Crippen LogP contribution in [0.2, 0.25) is 0 Å². The summed E-state index contributed by atoms with van der Waals surface area (Å²) in [6, 6.07) is 4.45. The van der Waals surface area contributed by atoms with E-state index in [0.717, 1.165) is 80.3 Å². The van der Waals surface area contributed by atoms with Gasteiger partial charge in [-0.05, 0) is 70.3 Å². The summed E-state index contributed by atoms with van der Waals surface area (Å²) >= 11 is 0. The number of aromatic amines is 1. The molecule has 5 rings (SSSR count). The summed E-state index contributed by atoms with van der Waals surface area (Å²) in [6.07, 6.45) is 6.49. The average Bonchev–Trinajstić information content (AvgIpc) is 3.55. The Kier molecular flexibility index (Phi) is 10.3. The number of amides is 1. The molecular formula is C28H42ClN5O4. The fraction of sp³-hybridized carbons (Fsp3) is 0.607. The van der Waals surface area contributed by atoms with E-state index >= 15 is 0 Å². The molecule has 210 valence electrons. The van der Waals surface area contributed by atoms with E-state index in [1.807, 2.05) is 28.6 Å². The van der Waals surface area contributed by atoms with E-state index in [2.05, 4.69) is 22.0 Å². The molecule has 0 radical (unpaired) electrons. The van der Waals surface area contributed by atoms with Crippen molar-refractivity contribution in [3.63, 3.8) is 0 Å². The minimum Gasteiger partial charge on any atom is -0.385 e. The number of halogens is 1. The first-order valence-corrected chi connectivity index (χ1v) is 13.1. The van der Waals surface area contributed by atoms with E-state index in [9.17, 15) is 9.59 Å². The van der Waals surface area contributed by atoms with Crippen molar-refractivity contribution in [1.29, 1.82) is 0 Å². The molecule has 1 amide bonds. The molecule has 2 aliphatic rings. The summed E-state index contributed by atoms with van der Waals surface area (Å²) < 4.78 is 12.7. The van der Waals surface area contributed by atoms with Crippen LogP contribution in [-0.4, -0.2) is 90.1 Å². The number of fused-ring (bicyclic) bond motifs is 3. The predicted molar refractivity (Wildman–Crippen MR) is 154 cm³/mol. The molecular weight excluding hydrogens is 506 g/mol. The number of rotatable bonds is 8. The number of likely N-dealkylation sites (tertiary alicyclic amines) is 1. The van der Waals surface area contributed by atoms with Crippen molar-refractivity contribution in [3.8, 4) is 0 Å². The van der Waals surface area contributed by atoms with Gasteiger partial charge in [-0.1, -0.05) is 7.43 Å². The third kappa shape index (κ3) is 5.91. The minimum atomic E-state index is -0.148. The van der Waals surface area contributed by atoms with Crippen molar-refractivity contribution < 1.29 is 14.3 Å². The van der Waals surface area contributed by atoms with Gasteiger partial charge in [0.15, 0.2) is 0 Å². The number of nitrogens with one attached hydrogen (secondary N) is 1. The van der Waals surface area contributed by atoms with E-state index in [4.69, 9.17) is 9.47 Å². The first kappa shape index (κ1) is 30.1. The van der Waals surface area contributed by atoms with E-state index < -0.39 is 0 Å². The molecule has 2 aromatic heterocycles. The van der Waals surface area contributed by atoms with E-state index in [1.54, 1.807) is 13.3 Å². The van der Waals surface area contributed by atoms with Crippen molar-refractivity contribution in [3.05, 3.63) is 39.8 Å². The second-order valence-electron chi connectivity index (χ2n) is 10.2. The lowest BCUT2D eigenvalue weighted by Gasteiger charge is -2.25. The van der Waals surface area contributed by atoms with Crippen molar-refractivity contribution in [2.45, 2.75) is 58.5 Å². The number of hydrogen-bond donors (Lipinski definition) is 1. The number of carbonyl (C=O) groups is 1. The number of methoxy groups -OCH3 is 1. The molecule has 2 fully saturated rings. The van der Waals surface area contributed by atoms with Gasteiger partial charge in [0.25, 0.3) is 11.5 Å². The number of nitrogens with zero attached hydrogens (tertiary/aromatic N) is 4. The van der Waals surface area contributed by atoms with Gasteiger partial charge in [-0.2, -0.15) is 5.10 Å². The number of aromatic nitrogens is 3. The lowest BCUT2D eigenvalue weighted by molar-refractivity contribution is 0.0675. The lowest BCUT2D eigenvalue weighted by Crippen LogP contribution is -2.37. The summed E-state index contributed by atoms with van der Waals surface area (Å²) in [5.41, 5.74) is 2.97. The highest BCUT2D eigenvalue weighted by Crippen LogP contribution is 2.30. The molecule has 2 saturated heterocycles. The molecule has 2 aliphatic heterocycles. The number of carbonyl (C=O) groups excluding carboxylic acids is 1. The first-order valence-electron chi connectivity index (χ1n) is 13.1. The zero-order chi connectivity index (χ0) is 25.2. The van der Waals surface area contributed by atoms with Crippen LogP contribution in [-0.2, 0) is 9.47 Å². The van der Waals surface area contributed by atoms with Gasteiger partial charge in [0.1, 0.15) is 0 Å². The lowest BCUT2D eigenvalue weighted by atomic mass is 10.0.